The minimum Gasteiger partial charge on any atom is -0.324 e. The number of anilines is 1. The zero-order chi connectivity index (χ0) is 18.6. The summed E-state index contributed by atoms with van der Waals surface area (Å²) in [7, 11) is -3.57. The first-order chi connectivity index (χ1) is 11.8. The highest BCUT2D eigenvalue weighted by atomic mass is 35.5. The second-order valence-corrected chi connectivity index (χ2v) is 8.17. The number of ketones is 1. The van der Waals surface area contributed by atoms with Crippen molar-refractivity contribution < 1.29 is 13.2 Å². The molecule has 25 heavy (non-hydrogen) atoms. The van der Waals surface area contributed by atoms with Crippen molar-refractivity contribution in [3.05, 3.63) is 57.8 Å². The van der Waals surface area contributed by atoms with E-state index in [1.807, 2.05) is 0 Å². The Balaban J connectivity index is 2.37. The largest absolute Gasteiger partial charge is 0.324 e. The fraction of sp³-hybridized carbons (Fsp3) is 0.250. The Hall–Kier alpha value is -1.67. The number of hydrogen-bond acceptors (Lipinski definition) is 5. The predicted octanol–water partition coefficient (Wildman–Crippen LogP) is 2.89. The van der Waals surface area contributed by atoms with Gasteiger partial charge in [0.2, 0.25) is 10.0 Å². The van der Waals surface area contributed by atoms with Crippen LogP contribution in [0.3, 0.4) is 0 Å². The smallest absolute Gasteiger partial charge is 0.235 e. The highest BCUT2D eigenvalue weighted by molar-refractivity contribution is 7.92. The van der Waals surface area contributed by atoms with E-state index in [2.05, 4.69) is 4.98 Å². The Morgan fingerprint density at radius 3 is 2.44 bits per heavy atom. The van der Waals surface area contributed by atoms with E-state index in [-0.39, 0.29) is 29.6 Å². The molecule has 0 aliphatic heterocycles. The number of carbonyl (C=O) groups is 1. The van der Waals surface area contributed by atoms with Crippen LogP contribution in [0.5, 0.6) is 0 Å². The molecule has 2 N–H and O–H groups in total. The van der Waals surface area contributed by atoms with Crippen LogP contribution in [-0.2, 0) is 16.6 Å². The average molecular weight is 402 g/mol. The quantitative estimate of drug-likeness (QED) is 0.719. The van der Waals surface area contributed by atoms with E-state index in [0.29, 0.717) is 22.0 Å². The first-order valence-electron chi connectivity index (χ1n) is 7.42. The maximum absolute atomic E-state index is 12.5. The molecule has 0 bridgehead atoms. The van der Waals surface area contributed by atoms with Gasteiger partial charge in [0.25, 0.3) is 0 Å². The van der Waals surface area contributed by atoms with Crippen LogP contribution in [0.4, 0.5) is 5.69 Å². The number of benzene rings is 1. The molecule has 9 heteroatoms. The van der Waals surface area contributed by atoms with Gasteiger partial charge >= 0.3 is 0 Å². The van der Waals surface area contributed by atoms with Crippen LogP contribution < -0.4 is 10.0 Å². The normalized spacial score (nSPS) is 11.4. The standard InChI is InChI=1S/C16H17Cl2N3O3S/c1-2-25(23,24)21(13-5-6-14(17)15(18)7-13)10-12-4-3-11(9-20-12)16(22)8-19/h3-7,9H,2,8,10,19H2,1H3. The minimum absolute atomic E-state index is 0.00519. The molecule has 0 saturated carbocycles. The molecule has 0 atom stereocenters. The Morgan fingerprint density at radius 2 is 1.92 bits per heavy atom. The molecule has 0 saturated heterocycles. The SMILES string of the molecule is CCS(=O)(=O)N(Cc1ccc(C(=O)CN)cn1)c1ccc(Cl)c(Cl)c1. The van der Waals surface area contributed by atoms with Crippen molar-refractivity contribution in [3.8, 4) is 0 Å². The number of rotatable bonds is 7. The third-order valence-corrected chi connectivity index (χ3v) is 6.01. The molecule has 0 unspecified atom stereocenters. The zero-order valence-electron chi connectivity index (χ0n) is 13.4. The van der Waals surface area contributed by atoms with Gasteiger partial charge in [0.15, 0.2) is 5.78 Å². The second-order valence-electron chi connectivity index (χ2n) is 5.17. The first kappa shape index (κ1) is 19.7. The van der Waals surface area contributed by atoms with Crippen molar-refractivity contribution in [2.75, 3.05) is 16.6 Å². The van der Waals surface area contributed by atoms with Crippen LogP contribution >= 0.6 is 23.2 Å². The summed E-state index contributed by atoms with van der Waals surface area (Å²) in [5, 5.41) is 0.592. The molecule has 0 fully saturated rings. The summed E-state index contributed by atoms with van der Waals surface area (Å²) in [5.41, 5.74) is 6.56. The molecule has 0 aliphatic carbocycles. The molecule has 2 rings (SSSR count). The maximum Gasteiger partial charge on any atom is 0.235 e. The van der Waals surface area contributed by atoms with Gasteiger partial charge in [-0.15, -0.1) is 0 Å². The van der Waals surface area contributed by atoms with Gasteiger partial charge < -0.3 is 5.73 Å². The van der Waals surface area contributed by atoms with Gasteiger partial charge in [-0.3, -0.25) is 14.1 Å². The van der Waals surface area contributed by atoms with E-state index < -0.39 is 10.0 Å². The van der Waals surface area contributed by atoms with Crippen molar-refractivity contribution in [2.45, 2.75) is 13.5 Å². The highest BCUT2D eigenvalue weighted by Gasteiger charge is 2.22. The Labute approximate surface area is 156 Å². The van der Waals surface area contributed by atoms with Gasteiger partial charge in [0.1, 0.15) is 0 Å². The summed E-state index contributed by atoms with van der Waals surface area (Å²) in [6, 6.07) is 7.77. The number of Topliss-reactive ketones (excluding diaryl/α,β-unsaturated/α-hetero) is 1. The lowest BCUT2D eigenvalue weighted by atomic mass is 10.2. The van der Waals surface area contributed by atoms with Crippen molar-refractivity contribution in [2.24, 2.45) is 5.73 Å². The van der Waals surface area contributed by atoms with Gasteiger partial charge in [-0.25, -0.2) is 8.42 Å². The minimum atomic E-state index is -3.57. The third kappa shape index (κ3) is 4.70. The van der Waals surface area contributed by atoms with Gasteiger partial charge in [-0.2, -0.15) is 0 Å². The summed E-state index contributed by atoms with van der Waals surface area (Å²) in [5.74, 6) is -0.321. The van der Waals surface area contributed by atoms with E-state index in [9.17, 15) is 13.2 Å². The monoisotopic (exact) mass is 401 g/mol. The number of nitrogens with two attached hydrogens (primary N) is 1. The van der Waals surface area contributed by atoms with Gasteiger partial charge in [0.05, 0.1) is 40.3 Å². The maximum atomic E-state index is 12.5. The van der Waals surface area contributed by atoms with Gasteiger partial charge in [-0.05, 0) is 37.3 Å². The molecule has 1 aromatic carbocycles. The molecule has 0 amide bonds. The van der Waals surface area contributed by atoms with Gasteiger partial charge in [-0.1, -0.05) is 23.2 Å². The zero-order valence-corrected chi connectivity index (χ0v) is 15.8. The molecule has 6 nitrogen and oxygen atoms in total. The summed E-state index contributed by atoms with van der Waals surface area (Å²) < 4.78 is 26.2. The lowest BCUT2D eigenvalue weighted by Gasteiger charge is -2.24. The number of hydrogen-bond donors (Lipinski definition) is 1. The molecular formula is C16H17Cl2N3O3S. The summed E-state index contributed by atoms with van der Waals surface area (Å²) >= 11 is 11.9. The molecule has 0 radical (unpaired) electrons. The summed E-state index contributed by atoms with van der Waals surface area (Å²) in [6.45, 7) is 1.45. The predicted molar refractivity (Wildman–Crippen MR) is 99.7 cm³/mol. The van der Waals surface area contributed by atoms with E-state index in [0.717, 1.165) is 0 Å². The van der Waals surface area contributed by atoms with Crippen LogP contribution in [0.2, 0.25) is 10.0 Å². The topological polar surface area (TPSA) is 93.4 Å². The Morgan fingerprint density at radius 1 is 1.20 bits per heavy atom. The molecule has 1 heterocycles. The Kier molecular flexibility index (Phi) is 6.40. The van der Waals surface area contributed by atoms with Crippen LogP contribution in [0.25, 0.3) is 0 Å². The van der Waals surface area contributed by atoms with Gasteiger partial charge in [0, 0.05) is 11.8 Å². The van der Waals surface area contributed by atoms with Crippen molar-refractivity contribution in [3.63, 3.8) is 0 Å². The second kappa shape index (κ2) is 8.14. The van der Waals surface area contributed by atoms with E-state index in [4.69, 9.17) is 28.9 Å². The number of aromatic nitrogens is 1. The lowest BCUT2D eigenvalue weighted by molar-refractivity contribution is 0.100. The molecular weight excluding hydrogens is 385 g/mol. The Bertz CT molecular complexity index is 871. The third-order valence-electron chi connectivity index (χ3n) is 3.53. The van der Waals surface area contributed by atoms with Crippen LogP contribution in [0.15, 0.2) is 36.5 Å². The van der Waals surface area contributed by atoms with Crippen molar-refractivity contribution in [1.29, 1.82) is 0 Å². The fourth-order valence-corrected chi connectivity index (χ4v) is 3.46. The highest BCUT2D eigenvalue weighted by Crippen LogP contribution is 2.29. The summed E-state index contributed by atoms with van der Waals surface area (Å²) in [4.78, 5) is 15.7. The van der Waals surface area contributed by atoms with E-state index in [1.165, 1.54) is 22.6 Å². The number of halogens is 2. The average Bonchev–Trinajstić information content (AvgIpc) is 2.61. The number of nitrogens with zero attached hydrogens (tertiary/aromatic N) is 2. The number of sulfonamides is 1. The number of carbonyl (C=O) groups excluding carboxylic acids is 1. The molecule has 0 spiro atoms. The molecule has 134 valence electrons. The van der Waals surface area contributed by atoms with E-state index >= 15 is 0 Å². The molecule has 1 aromatic heterocycles. The molecule has 2 aromatic rings. The van der Waals surface area contributed by atoms with Crippen molar-refractivity contribution >= 4 is 44.7 Å². The first-order valence-corrected chi connectivity index (χ1v) is 9.78. The number of pyridine rings is 1. The lowest BCUT2D eigenvalue weighted by Crippen LogP contribution is -2.32. The fourth-order valence-electron chi connectivity index (χ4n) is 2.09. The van der Waals surface area contributed by atoms with Crippen LogP contribution in [-0.4, -0.2) is 31.5 Å². The summed E-state index contributed by atoms with van der Waals surface area (Å²) in [6.07, 6.45) is 1.39. The van der Waals surface area contributed by atoms with E-state index in [1.54, 1.807) is 25.1 Å². The van der Waals surface area contributed by atoms with Crippen LogP contribution in [0.1, 0.15) is 23.0 Å². The van der Waals surface area contributed by atoms with Crippen molar-refractivity contribution in [1.82, 2.24) is 4.98 Å². The molecule has 0 aliphatic rings. The van der Waals surface area contributed by atoms with Crippen LogP contribution in [0, 0.1) is 0 Å².